The van der Waals surface area contributed by atoms with Crippen LogP contribution in [0.25, 0.3) is 16.6 Å². The van der Waals surface area contributed by atoms with E-state index in [1.54, 1.807) is 25.1 Å². The van der Waals surface area contributed by atoms with E-state index >= 15 is 0 Å². The molecule has 220 valence electrons. The topological polar surface area (TPSA) is 70.5 Å². The molecule has 2 aliphatic rings. The van der Waals surface area contributed by atoms with E-state index in [9.17, 15) is 14.0 Å². The van der Waals surface area contributed by atoms with Crippen molar-refractivity contribution in [1.82, 2.24) is 24.7 Å². The molecular weight excluding hydrogens is 517 g/mol. The number of fused-ring (bicyclic) bond motifs is 1. The van der Waals surface area contributed by atoms with Gasteiger partial charge in [-0.25, -0.2) is 4.39 Å². The summed E-state index contributed by atoms with van der Waals surface area (Å²) in [7, 11) is 3.49. The summed E-state index contributed by atoms with van der Waals surface area (Å²) < 4.78 is 16.4. The van der Waals surface area contributed by atoms with Crippen molar-refractivity contribution in [2.45, 2.75) is 71.9 Å². The van der Waals surface area contributed by atoms with Crippen LogP contribution in [0.2, 0.25) is 0 Å². The molecule has 1 N–H and O–H groups in total. The molecule has 3 heterocycles. The van der Waals surface area contributed by atoms with Gasteiger partial charge in [0.2, 0.25) is 5.91 Å². The molecule has 0 bridgehead atoms. The zero-order valence-electron chi connectivity index (χ0n) is 25.3. The van der Waals surface area contributed by atoms with E-state index in [1.165, 1.54) is 23.1 Å². The molecule has 8 heteroatoms. The Morgan fingerprint density at radius 1 is 1.12 bits per heavy atom. The molecule has 1 atom stereocenters. The van der Waals surface area contributed by atoms with E-state index < -0.39 is 5.82 Å². The Balaban J connectivity index is 1.34. The Morgan fingerprint density at radius 3 is 2.49 bits per heavy atom. The van der Waals surface area contributed by atoms with Gasteiger partial charge in [-0.3, -0.25) is 19.5 Å². The molecule has 2 amide bonds. The van der Waals surface area contributed by atoms with Crippen molar-refractivity contribution in [1.29, 1.82) is 0 Å². The Bertz CT molecular complexity index is 1420. The van der Waals surface area contributed by atoms with Gasteiger partial charge in [-0.2, -0.15) is 0 Å². The summed E-state index contributed by atoms with van der Waals surface area (Å²) in [5, 5.41) is 3.98. The number of hydrogen-bond donors (Lipinski definition) is 1. The summed E-state index contributed by atoms with van der Waals surface area (Å²) in [5.41, 5.74) is 4.29. The minimum absolute atomic E-state index is 0.00525. The lowest BCUT2D eigenvalue weighted by atomic mass is 9.77. The number of hydrogen-bond acceptors (Lipinski definition) is 4. The van der Waals surface area contributed by atoms with Gasteiger partial charge >= 0.3 is 0 Å². The number of nitrogens with zero attached hydrogens (tertiary/aromatic N) is 4. The van der Waals surface area contributed by atoms with E-state index in [0.29, 0.717) is 29.1 Å². The smallest absolute Gasteiger partial charge is 0.256 e. The van der Waals surface area contributed by atoms with Crippen LogP contribution in [0.3, 0.4) is 0 Å². The maximum absolute atomic E-state index is 14.4. The third-order valence-electron chi connectivity index (χ3n) is 9.67. The maximum Gasteiger partial charge on any atom is 0.256 e. The first-order valence-corrected chi connectivity index (χ1v) is 15.1. The summed E-state index contributed by atoms with van der Waals surface area (Å²) in [6.07, 6.45) is 11.0. The SMILES string of the molecule is CNC(=O)C1CCC([C@H](C)N2CC(Cc3cn(-c4ccc(F)cc4C(=O)N(C)C(C)C)c4cncc(C)c34)C2)CC1. The number of carbonyl (C=O) groups is 2. The fourth-order valence-electron chi connectivity index (χ4n) is 6.86. The number of aromatic nitrogens is 2. The number of benzene rings is 1. The second-order valence-corrected chi connectivity index (χ2v) is 12.5. The Hall–Kier alpha value is -3.26. The highest BCUT2D eigenvalue weighted by Crippen LogP contribution is 2.37. The number of amides is 2. The summed E-state index contributed by atoms with van der Waals surface area (Å²) in [6, 6.07) is 4.99. The Morgan fingerprint density at radius 2 is 1.83 bits per heavy atom. The normalized spacial score (nSPS) is 20.7. The van der Waals surface area contributed by atoms with E-state index in [2.05, 4.69) is 35.2 Å². The van der Waals surface area contributed by atoms with Gasteiger partial charge in [0, 0.05) is 63.0 Å². The van der Waals surface area contributed by atoms with Crippen LogP contribution in [-0.2, 0) is 11.2 Å². The van der Waals surface area contributed by atoms with Gasteiger partial charge in [0.1, 0.15) is 5.82 Å². The van der Waals surface area contributed by atoms with E-state index in [-0.39, 0.29) is 23.8 Å². The fourth-order valence-corrected chi connectivity index (χ4v) is 6.86. The van der Waals surface area contributed by atoms with Crippen molar-refractivity contribution in [3.05, 3.63) is 59.3 Å². The number of aryl methyl sites for hydroxylation is 1. The summed E-state index contributed by atoms with van der Waals surface area (Å²) in [4.78, 5) is 34.1. The Labute approximate surface area is 243 Å². The highest BCUT2D eigenvalue weighted by Gasteiger charge is 2.37. The van der Waals surface area contributed by atoms with Gasteiger partial charge in [0.05, 0.1) is 23.0 Å². The first kappa shape index (κ1) is 29.2. The average molecular weight is 562 g/mol. The number of halogens is 1. The van der Waals surface area contributed by atoms with Crippen molar-refractivity contribution in [2.24, 2.45) is 17.8 Å². The number of rotatable bonds is 8. The van der Waals surface area contributed by atoms with Crippen molar-refractivity contribution >= 4 is 22.7 Å². The van der Waals surface area contributed by atoms with Gasteiger partial charge in [-0.15, -0.1) is 0 Å². The predicted molar refractivity (Wildman–Crippen MR) is 161 cm³/mol. The molecule has 1 aliphatic heterocycles. The molecule has 5 rings (SSSR count). The first-order valence-electron chi connectivity index (χ1n) is 15.1. The number of carbonyl (C=O) groups excluding carboxylic acids is 2. The van der Waals surface area contributed by atoms with E-state index in [4.69, 9.17) is 0 Å². The van der Waals surface area contributed by atoms with Crippen LogP contribution in [0.5, 0.6) is 0 Å². The third-order valence-corrected chi connectivity index (χ3v) is 9.67. The molecule has 2 aromatic heterocycles. The molecule has 0 radical (unpaired) electrons. The second kappa shape index (κ2) is 11.9. The molecule has 41 heavy (non-hydrogen) atoms. The molecule has 0 spiro atoms. The molecule has 1 aliphatic carbocycles. The third kappa shape index (κ3) is 5.76. The molecule has 1 aromatic carbocycles. The lowest BCUT2D eigenvalue weighted by Gasteiger charge is -2.47. The summed E-state index contributed by atoms with van der Waals surface area (Å²) in [6.45, 7) is 10.5. The number of likely N-dealkylation sites (tertiary alicyclic amines) is 1. The average Bonchev–Trinajstić information content (AvgIpc) is 3.32. The van der Waals surface area contributed by atoms with Gasteiger partial charge in [0.15, 0.2) is 0 Å². The van der Waals surface area contributed by atoms with Crippen LogP contribution in [-0.4, -0.2) is 70.4 Å². The quantitative estimate of drug-likeness (QED) is 0.402. The standard InChI is InChI=1S/C33H44FN5O2/c1-20(2)37(6)33(41)28-14-27(34)11-12-29(28)39-19-26(31-21(3)15-36-16-30(31)39)13-23-17-38(18-23)22(4)24-7-9-25(10-8-24)32(40)35-5/h11-12,14-16,19-20,22-25H,7-10,13,17-18H2,1-6H3,(H,35,40)/t22-,24?,25?/m0/s1. The largest absolute Gasteiger partial charge is 0.359 e. The van der Waals surface area contributed by atoms with Crippen molar-refractivity contribution < 1.29 is 14.0 Å². The predicted octanol–water partition coefficient (Wildman–Crippen LogP) is 5.37. The monoisotopic (exact) mass is 561 g/mol. The van der Waals surface area contributed by atoms with Crippen LogP contribution >= 0.6 is 0 Å². The number of nitrogens with one attached hydrogen (secondary N) is 1. The van der Waals surface area contributed by atoms with Crippen LogP contribution in [0.1, 0.15) is 67.9 Å². The zero-order valence-corrected chi connectivity index (χ0v) is 25.3. The molecule has 7 nitrogen and oxygen atoms in total. The summed E-state index contributed by atoms with van der Waals surface area (Å²) in [5.74, 6) is 0.926. The van der Waals surface area contributed by atoms with Gasteiger partial charge in [-0.1, -0.05) is 0 Å². The zero-order chi connectivity index (χ0) is 29.4. The lowest BCUT2D eigenvalue weighted by molar-refractivity contribution is -0.126. The minimum Gasteiger partial charge on any atom is -0.359 e. The minimum atomic E-state index is -0.425. The van der Waals surface area contributed by atoms with Crippen LogP contribution in [0.15, 0.2) is 36.8 Å². The maximum atomic E-state index is 14.4. The van der Waals surface area contributed by atoms with Gasteiger partial charge < -0.3 is 14.8 Å². The molecule has 2 fully saturated rings. The van der Waals surface area contributed by atoms with Gasteiger partial charge in [-0.05, 0) is 101 Å². The highest BCUT2D eigenvalue weighted by molar-refractivity contribution is 5.99. The van der Waals surface area contributed by atoms with Crippen LogP contribution < -0.4 is 5.32 Å². The van der Waals surface area contributed by atoms with E-state index in [1.807, 2.05) is 30.8 Å². The van der Waals surface area contributed by atoms with E-state index in [0.717, 1.165) is 56.3 Å². The number of pyridine rings is 1. The van der Waals surface area contributed by atoms with Gasteiger partial charge in [0.25, 0.3) is 5.91 Å². The van der Waals surface area contributed by atoms with Crippen molar-refractivity contribution in [2.75, 3.05) is 27.2 Å². The van der Waals surface area contributed by atoms with Crippen molar-refractivity contribution in [3.63, 3.8) is 0 Å². The fraction of sp³-hybridized carbons (Fsp3) is 0.545. The molecule has 1 saturated carbocycles. The molecule has 3 aromatic rings. The Kier molecular flexibility index (Phi) is 8.50. The molecule has 1 saturated heterocycles. The van der Waals surface area contributed by atoms with Crippen LogP contribution in [0.4, 0.5) is 4.39 Å². The highest BCUT2D eigenvalue weighted by atomic mass is 19.1. The van der Waals surface area contributed by atoms with Crippen molar-refractivity contribution in [3.8, 4) is 5.69 Å². The van der Waals surface area contributed by atoms with Crippen LogP contribution in [0, 0.1) is 30.5 Å². The lowest BCUT2D eigenvalue weighted by Crippen LogP contribution is -2.54. The summed E-state index contributed by atoms with van der Waals surface area (Å²) >= 11 is 0. The molecule has 0 unspecified atom stereocenters. The second-order valence-electron chi connectivity index (χ2n) is 12.5. The molecular formula is C33H44FN5O2. The first-order chi connectivity index (χ1) is 19.6.